The molecule has 4 nitrogen and oxygen atoms in total. The summed E-state index contributed by atoms with van der Waals surface area (Å²) in [5.74, 6) is 2.16. The van der Waals surface area contributed by atoms with Gasteiger partial charge in [0.25, 0.3) is 0 Å². The molecule has 29 heavy (non-hydrogen) atoms. The highest BCUT2D eigenvalue weighted by atomic mass is 32.1. The average Bonchev–Trinajstić information content (AvgIpc) is 3.43. The zero-order chi connectivity index (χ0) is 19.7. The van der Waals surface area contributed by atoms with Crippen molar-refractivity contribution in [3.05, 3.63) is 52.2 Å². The van der Waals surface area contributed by atoms with E-state index in [4.69, 9.17) is 4.74 Å². The molecule has 5 heteroatoms. The molecule has 1 amide bonds. The van der Waals surface area contributed by atoms with Crippen molar-refractivity contribution < 1.29 is 9.53 Å². The van der Waals surface area contributed by atoms with E-state index in [0.717, 1.165) is 57.1 Å². The van der Waals surface area contributed by atoms with Crippen molar-refractivity contribution in [1.82, 2.24) is 10.2 Å². The second-order valence-corrected chi connectivity index (χ2v) is 10.1. The van der Waals surface area contributed by atoms with Gasteiger partial charge in [0, 0.05) is 43.4 Å². The molecule has 1 spiro atoms. The molecule has 1 aliphatic carbocycles. The third-order valence-electron chi connectivity index (χ3n) is 6.75. The van der Waals surface area contributed by atoms with E-state index in [1.165, 1.54) is 23.3 Å². The van der Waals surface area contributed by atoms with E-state index in [2.05, 4.69) is 45.9 Å². The summed E-state index contributed by atoms with van der Waals surface area (Å²) in [4.78, 5) is 16.6. The standard InChI is InChI=1S/C24H30N2O2S/c27-23(25-16-18-7-8-18)14-19-15-24(28-22-6-2-1-5-21(19)22)9-11-26(12-10-24)17-20-4-3-13-29-20/h1-6,13,18-19H,7-12,14-17H2,(H,25,27)/t19-/m1/s1. The maximum atomic E-state index is 12.6. The zero-order valence-electron chi connectivity index (χ0n) is 16.9. The minimum Gasteiger partial charge on any atom is -0.487 e. The van der Waals surface area contributed by atoms with Gasteiger partial charge in [-0.05, 0) is 61.1 Å². The highest BCUT2D eigenvalue weighted by Crippen LogP contribution is 2.46. The molecular weight excluding hydrogens is 380 g/mol. The molecule has 0 unspecified atom stereocenters. The molecule has 1 saturated heterocycles. The maximum Gasteiger partial charge on any atom is 0.220 e. The number of benzene rings is 1. The van der Waals surface area contributed by atoms with Gasteiger partial charge < -0.3 is 10.1 Å². The Hall–Kier alpha value is -1.85. The SMILES string of the molecule is O=C(C[C@@H]1CC2(CCN(Cc3cccs3)CC2)Oc2ccccc21)NCC1CC1. The molecular formula is C24H30N2O2S. The number of hydrogen-bond donors (Lipinski definition) is 1. The number of thiophene rings is 1. The maximum absolute atomic E-state index is 12.6. The van der Waals surface area contributed by atoms with E-state index in [1.54, 1.807) is 0 Å². The summed E-state index contributed by atoms with van der Waals surface area (Å²) < 4.78 is 6.61. The molecule has 3 heterocycles. The lowest BCUT2D eigenvalue weighted by molar-refractivity contribution is -0.122. The number of ether oxygens (including phenoxy) is 1. The van der Waals surface area contributed by atoms with E-state index in [-0.39, 0.29) is 17.4 Å². The van der Waals surface area contributed by atoms with Gasteiger partial charge in [-0.2, -0.15) is 0 Å². The lowest BCUT2D eigenvalue weighted by atomic mass is 9.76. The van der Waals surface area contributed by atoms with Gasteiger partial charge in [-0.25, -0.2) is 0 Å². The van der Waals surface area contributed by atoms with Gasteiger partial charge in [-0.15, -0.1) is 11.3 Å². The van der Waals surface area contributed by atoms with Gasteiger partial charge >= 0.3 is 0 Å². The van der Waals surface area contributed by atoms with Crippen molar-refractivity contribution in [1.29, 1.82) is 0 Å². The van der Waals surface area contributed by atoms with Crippen LogP contribution in [0.5, 0.6) is 5.75 Å². The molecule has 2 fully saturated rings. The van der Waals surface area contributed by atoms with Crippen LogP contribution in [0.3, 0.4) is 0 Å². The second kappa shape index (κ2) is 8.11. The van der Waals surface area contributed by atoms with Crippen LogP contribution in [0.2, 0.25) is 0 Å². The number of piperidine rings is 1. The van der Waals surface area contributed by atoms with Crippen LogP contribution in [-0.2, 0) is 11.3 Å². The van der Waals surface area contributed by atoms with Crippen molar-refractivity contribution in [2.24, 2.45) is 5.92 Å². The summed E-state index contributed by atoms with van der Waals surface area (Å²) in [6, 6.07) is 12.7. The number of carbonyl (C=O) groups is 1. The number of para-hydroxylation sites is 1. The van der Waals surface area contributed by atoms with Crippen molar-refractivity contribution in [2.45, 2.75) is 56.6 Å². The normalized spacial score (nSPS) is 23.4. The highest BCUT2D eigenvalue weighted by Gasteiger charge is 2.43. The van der Waals surface area contributed by atoms with E-state index in [9.17, 15) is 4.79 Å². The molecule has 0 radical (unpaired) electrons. The van der Waals surface area contributed by atoms with Crippen molar-refractivity contribution in [3.8, 4) is 5.75 Å². The quantitative estimate of drug-likeness (QED) is 0.759. The number of fused-ring (bicyclic) bond motifs is 1. The third kappa shape index (κ3) is 4.51. The number of likely N-dealkylation sites (tertiary alicyclic amines) is 1. The molecule has 1 saturated carbocycles. The van der Waals surface area contributed by atoms with E-state index >= 15 is 0 Å². The summed E-state index contributed by atoms with van der Waals surface area (Å²) >= 11 is 1.84. The van der Waals surface area contributed by atoms with Gasteiger partial charge in [0.05, 0.1) is 0 Å². The Labute approximate surface area is 177 Å². The number of carbonyl (C=O) groups excluding carboxylic acids is 1. The van der Waals surface area contributed by atoms with Gasteiger partial charge in [-0.3, -0.25) is 9.69 Å². The third-order valence-corrected chi connectivity index (χ3v) is 7.61. The minimum absolute atomic E-state index is 0.123. The van der Waals surface area contributed by atoms with Crippen molar-refractivity contribution in [3.63, 3.8) is 0 Å². The predicted octanol–water partition coefficient (Wildman–Crippen LogP) is 4.57. The minimum atomic E-state index is -0.123. The number of nitrogens with one attached hydrogen (secondary N) is 1. The van der Waals surface area contributed by atoms with Crippen LogP contribution >= 0.6 is 11.3 Å². The van der Waals surface area contributed by atoms with Crippen LogP contribution in [0.1, 0.15) is 54.9 Å². The van der Waals surface area contributed by atoms with Crippen LogP contribution in [-0.4, -0.2) is 36.0 Å². The fourth-order valence-electron chi connectivity index (χ4n) is 4.85. The molecule has 1 atom stereocenters. The highest BCUT2D eigenvalue weighted by molar-refractivity contribution is 7.09. The van der Waals surface area contributed by atoms with E-state index < -0.39 is 0 Å². The van der Waals surface area contributed by atoms with Gasteiger partial charge in [-0.1, -0.05) is 24.3 Å². The Balaban J connectivity index is 1.26. The summed E-state index contributed by atoms with van der Waals surface area (Å²) in [5.41, 5.74) is 1.09. The number of hydrogen-bond acceptors (Lipinski definition) is 4. The fourth-order valence-corrected chi connectivity index (χ4v) is 5.60. The Morgan fingerprint density at radius 2 is 2.00 bits per heavy atom. The fraction of sp³-hybridized carbons (Fsp3) is 0.542. The smallest absolute Gasteiger partial charge is 0.220 e. The number of nitrogens with zero attached hydrogens (tertiary/aromatic N) is 1. The molecule has 1 aromatic heterocycles. The first-order valence-corrected chi connectivity index (χ1v) is 11.9. The largest absolute Gasteiger partial charge is 0.487 e. The first-order valence-electron chi connectivity index (χ1n) is 11.0. The zero-order valence-corrected chi connectivity index (χ0v) is 17.8. The molecule has 154 valence electrons. The summed E-state index contributed by atoms with van der Waals surface area (Å²) in [6.45, 7) is 4.01. The lowest BCUT2D eigenvalue weighted by Gasteiger charge is -2.47. The first kappa shape index (κ1) is 19.1. The Morgan fingerprint density at radius 1 is 1.17 bits per heavy atom. The monoisotopic (exact) mass is 410 g/mol. The number of rotatable bonds is 6. The Bertz CT molecular complexity index is 838. The lowest BCUT2D eigenvalue weighted by Crippen LogP contribution is -2.50. The number of amides is 1. The molecule has 3 aliphatic rings. The predicted molar refractivity (Wildman–Crippen MR) is 116 cm³/mol. The second-order valence-electron chi connectivity index (χ2n) is 9.03. The van der Waals surface area contributed by atoms with E-state index in [0.29, 0.717) is 6.42 Å². The topological polar surface area (TPSA) is 41.6 Å². The molecule has 5 rings (SSSR count). The van der Waals surface area contributed by atoms with Crippen molar-refractivity contribution in [2.75, 3.05) is 19.6 Å². The van der Waals surface area contributed by atoms with Crippen LogP contribution < -0.4 is 10.1 Å². The molecule has 1 aromatic carbocycles. The molecule has 2 aliphatic heterocycles. The van der Waals surface area contributed by atoms with Gasteiger partial charge in [0.1, 0.15) is 11.4 Å². The van der Waals surface area contributed by atoms with Gasteiger partial charge in [0.2, 0.25) is 5.91 Å². The van der Waals surface area contributed by atoms with Crippen LogP contribution in [0.4, 0.5) is 0 Å². The molecule has 0 bridgehead atoms. The van der Waals surface area contributed by atoms with Crippen LogP contribution in [0.25, 0.3) is 0 Å². The molecule has 1 N–H and O–H groups in total. The Kier molecular flexibility index (Phi) is 5.35. The van der Waals surface area contributed by atoms with Gasteiger partial charge in [0.15, 0.2) is 0 Å². The summed E-state index contributed by atoms with van der Waals surface area (Å²) in [7, 11) is 0. The van der Waals surface area contributed by atoms with Crippen LogP contribution in [0, 0.1) is 5.92 Å². The van der Waals surface area contributed by atoms with Crippen molar-refractivity contribution >= 4 is 17.2 Å². The Morgan fingerprint density at radius 3 is 2.76 bits per heavy atom. The summed E-state index contributed by atoms with van der Waals surface area (Å²) in [5, 5.41) is 5.31. The first-order chi connectivity index (χ1) is 14.2. The molecule has 2 aromatic rings. The van der Waals surface area contributed by atoms with E-state index in [1.807, 2.05) is 17.4 Å². The van der Waals surface area contributed by atoms with Crippen LogP contribution in [0.15, 0.2) is 41.8 Å². The average molecular weight is 411 g/mol. The summed E-state index contributed by atoms with van der Waals surface area (Å²) in [6.07, 6.45) is 6.14.